The molecule has 0 aliphatic carbocycles. The zero-order chi connectivity index (χ0) is 20.2. The predicted molar refractivity (Wildman–Crippen MR) is 131 cm³/mol. The molecule has 0 spiro atoms. The van der Waals surface area contributed by atoms with E-state index in [2.05, 4.69) is 58.6 Å². The first kappa shape index (κ1) is 26.1. The van der Waals surface area contributed by atoms with Gasteiger partial charge in [-0.25, -0.2) is 0 Å². The topological polar surface area (TPSA) is 58.1 Å². The van der Waals surface area contributed by atoms with E-state index in [4.69, 9.17) is 9.47 Å². The third-order valence-corrected chi connectivity index (χ3v) is 5.29. The first-order valence-corrected chi connectivity index (χ1v) is 10.5. The van der Waals surface area contributed by atoms with Gasteiger partial charge in [0, 0.05) is 53.0 Å². The fourth-order valence-corrected chi connectivity index (χ4v) is 3.63. The summed E-state index contributed by atoms with van der Waals surface area (Å²) in [5.41, 5.74) is 2.97. The van der Waals surface area contributed by atoms with Crippen LogP contribution in [0.15, 0.2) is 29.3 Å². The number of nitrogens with zero attached hydrogens (tertiary/aromatic N) is 2. The van der Waals surface area contributed by atoms with E-state index in [1.807, 2.05) is 7.05 Å². The Balaban J connectivity index is 0.00000420. The molecular weight excluding hydrogens is 479 g/mol. The molecule has 0 fully saturated rings. The van der Waals surface area contributed by atoms with Crippen LogP contribution in [0.25, 0.3) is 0 Å². The largest absolute Gasteiger partial charge is 0.382 e. The minimum absolute atomic E-state index is 0. The Labute approximate surface area is 193 Å². The van der Waals surface area contributed by atoms with Crippen molar-refractivity contribution >= 4 is 29.9 Å². The molecule has 2 rings (SSSR count). The van der Waals surface area contributed by atoms with Gasteiger partial charge in [0.05, 0.1) is 13.2 Å². The van der Waals surface area contributed by atoms with Crippen LogP contribution in [0, 0.1) is 5.92 Å². The fourth-order valence-electron chi connectivity index (χ4n) is 3.63. The van der Waals surface area contributed by atoms with Gasteiger partial charge in [0.25, 0.3) is 0 Å². The van der Waals surface area contributed by atoms with Crippen molar-refractivity contribution in [1.29, 1.82) is 0 Å². The van der Waals surface area contributed by atoms with Crippen molar-refractivity contribution in [1.82, 2.24) is 15.5 Å². The second-order valence-corrected chi connectivity index (χ2v) is 7.64. The van der Waals surface area contributed by atoms with Crippen LogP contribution in [0.1, 0.15) is 31.4 Å². The zero-order valence-corrected chi connectivity index (χ0v) is 20.8. The number of methoxy groups -OCH3 is 1. The van der Waals surface area contributed by atoms with E-state index in [1.165, 1.54) is 11.1 Å². The van der Waals surface area contributed by atoms with Crippen molar-refractivity contribution < 1.29 is 9.47 Å². The summed E-state index contributed by atoms with van der Waals surface area (Å²) in [5.74, 6) is 1.44. The molecule has 1 heterocycles. The van der Waals surface area contributed by atoms with Crippen LogP contribution in [0.3, 0.4) is 0 Å². The number of hydrogen-bond acceptors (Lipinski definition) is 4. The highest BCUT2D eigenvalue weighted by molar-refractivity contribution is 14.0. The summed E-state index contributed by atoms with van der Waals surface area (Å²) in [7, 11) is 3.51. The number of guanidine groups is 1. The first-order valence-electron chi connectivity index (χ1n) is 10.5. The maximum absolute atomic E-state index is 5.50. The van der Waals surface area contributed by atoms with Crippen molar-refractivity contribution in [3.63, 3.8) is 0 Å². The number of benzene rings is 1. The maximum atomic E-state index is 5.50. The van der Waals surface area contributed by atoms with Gasteiger partial charge in [-0.15, -0.1) is 24.0 Å². The number of rotatable bonds is 11. The minimum Gasteiger partial charge on any atom is -0.382 e. The molecule has 29 heavy (non-hydrogen) atoms. The van der Waals surface area contributed by atoms with Crippen molar-refractivity contribution in [3.8, 4) is 0 Å². The molecule has 1 atom stereocenters. The summed E-state index contributed by atoms with van der Waals surface area (Å²) < 4.78 is 10.5. The molecule has 2 N–H and O–H groups in total. The van der Waals surface area contributed by atoms with E-state index in [1.54, 1.807) is 7.11 Å². The highest BCUT2D eigenvalue weighted by Crippen LogP contribution is 2.22. The summed E-state index contributed by atoms with van der Waals surface area (Å²) in [6.07, 6.45) is 2.08. The third kappa shape index (κ3) is 9.19. The molecule has 1 unspecified atom stereocenters. The maximum Gasteiger partial charge on any atom is 0.191 e. The summed E-state index contributed by atoms with van der Waals surface area (Å²) in [6, 6.07) is 9.30. The van der Waals surface area contributed by atoms with Gasteiger partial charge >= 0.3 is 0 Å². The summed E-state index contributed by atoms with van der Waals surface area (Å²) in [4.78, 5) is 6.97. The zero-order valence-electron chi connectivity index (χ0n) is 18.4. The van der Waals surface area contributed by atoms with E-state index in [-0.39, 0.29) is 24.0 Å². The quantitative estimate of drug-likeness (QED) is 0.204. The third-order valence-electron chi connectivity index (χ3n) is 5.29. The second kappa shape index (κ2) is 15.0. The Bertz CT molecular complexity index is 598. The molecule has 0 bridgehead atoms. The molecule has 1 aromatic carbocycles. The van der Waals surface area contributed by atoms with Crippen LogP contribution in [-0.4, -0.2) is 70.5 Å². The summed E-state index contributed by atoms with van der Waals surface area (Å²) in [6.45, 7) is 10.5. The molecule has 166 valence electrons. The van der Waals surface area contributed by atoms with Gasteiger partial charge in [0.1, 0.15) is 0 Å². The molecular formula is C22H39IN4O2. The molecule has 0 amide bonds. The number of aliphatic imine (C=N–C) groups is 1. The van der Waals surface area contributed by atoms with E-state index < -0.39 is 0 Å². The number of halogens is 1. The van der Waals surface area contributed by atoms with E-state index in [0.717, 1.165) is 51.6 Å². The van der Waals surface area contributed by atoms with Gasteiger partial charge in [-0.3, -0.25) is 9.89 Å². The van der Waals surface area contributed by atoms with Crippen molar-refractivity contribution in [2.75, 3.05) is 53.6 Å². The lowest BCUT2D eigenvalue weighted by Gasteiger charge is -2.38. The van der Waals surface area contributed by atoms with Gasteiger partial charge in [0.2, 0.25) is 0 Å². The van der Waals surface area contributed by atoms with Crippen molar-refractivity contribution in [3.05, 3.63) is 35.4 Å². The number of hydrogen-bond donors (Lipinski definition) is 2. The van der Waals surface area contributed by atoms with Crippen LogP contribution in [0.4, 0.5) is 0 Å². The van der Waals surface area contributed by atoms with Gasteiger partial charge in [0.15, 0.2) is 5.96 Å². The Morgan fingerprint density at radius 3 is 2.59 bits per heavy atom. The van der Waals surface area contributed by atoms with Gasteiger partial charge in [-0.1, -0.05) is 38.1 Å². The van der Waals surface area contributed by atoms with Crippen LogP contribution in [0.2, 0.25) is 0 Å². The standard InChI is InChI=1S/C22H38N4O2.HI/c1-18(2)21(26-12-10-19-8-5-6-9-20(19)17-26)16-25-22(23-3)24-11-7-13-28-15-14-27-4;/h5-6,8-9,18,21H,7,10-17H2,1-4H3,(H2,23,24,25);1H. The lowest BCUT2D eigenvalue weighted by molar-refractivity contribution is 0.0698. The molecule has 0 saturated carbocycles. The number of fused-ring (bicyclic) bond motifs is 1. The molecule has 0 saturated heterocycles. The van der Waals surface area contributed by atoms with Crippen LogP contribution >= 0.6 is 24.0 Å². The lowest BCUT2D eigenvalue weighted by atomic mass is 9.95. The first-order chi connectivity index (χ1) is 13.7. The second-order valence-electron chi connectivity index (χ2n) is 7.64. The van der Waals surface area contributed by atoms with Gasteiger partial charge < -0.3 is 20.1 Å². The Hall–Kier alpha value is -0.900. The van der Waals surface area contributed by atoms with Gasteiger partial charge in [-0.2, -0.15) is 0 Å². The molecule has 1 aromatic rings. The minimum atomic E-state index is 0. The number of ether oxygens (including phenoxy) is 2. The molecule has 0 aromatic heterocycles. The Morgan fingerprint density at radius 1 is 1.14 bits per heavy atom. The SMILES string of the molecule is CN=C(NCCCOCCOC)NCC(C(C)C)N1CCc2ccccc2C1.I. The van der Waals surface area contributed by atoms with E-state index in [0.29, 0.717) is 25.2 Å². The highest BCUT2D eigenvalue weighted by atomic mass is 127. The van der Waals surface area contributed by atoms with Crippen molar-refractivity contribution in [2.24, 2.45) is 10.9 Å². The molecule has 7 heteroatoms. The fraction of sp³-hybridized carbons (Fsp3) is 0.682. The predicted octanol–water partition coefficient (Wildman–Crippen LogP) is 2.91. The number of nitrogens with one attached hydrogen (secondary N) is 2. The molecule has 0 radical (unpaired) electrons. The molecule has 6 nitrogen and oxygen atoms in total. The smallest absolute Gasteiger partial charge is 0.191 e. The van der Waals surface area contributed by atoms with Crippen LogP contribution in [0.5, 0.6) is 0 Å². The molecule has 1 aliphatic rings. The van der Waals surface area contributed by atoms with Crippen LogP contribution in [-0.2, 0) is 22.4 Å². The average molecular weight is 518 g/mol. The Kier molecular flexibility index (Phi) is 13.5. The summed E-state index contributed by atoms with van der Waals surface area (Å²) in [5, 5.41) is 6.90. The van der Waals surface area contributed by atoms with Crippen molar-refractivity contribution in [2.45, 2.75) is 39.3 Å². The highest BCUT2D eigenvalue weighted by Gasteiger charge is 2.25. The molecule has 1 aliphatic heterocycles. The summed E-state index contributed by atoms with van der Waals surface area (Å²) >= 11 is 0. The van der Waals surface area contributed by atoms with E-state index >= 15 is 0 Å². The van der Waals surface area contributed by atoms with Gasteiger partial charge in [-0.05, 0) is 29.9 Å². The monoisotopic (exact) mass is 518 g/mol. The lowest BCUT2D eigenvalue weighted by Crippen LogP contribution is -2.50. The Morgan fingerprint density at radius 2 is 1.90 bits per heavy atom. The van der Waals surface area contributed by atoms with E-state index in [9.17, 15) is 0 Å². The normalized spacial score (nSPS) is 15.6. The average Bonchev–Trinajstić information content (AvgIpc) is 2.71. The van der Waals surface area contributed by atoms with Crippen LogP contribution < -0.4 is 10.6 Å².